The van der Waals surface area contributed by atoms with Crippen LogP contribution in [0.2, 0.25) is 0 Å². The first-order chi connectivity index (χ1) is 12.8. The number of morpholine rings is 1. The van der Waals surface area contributed by atoms with Crippen LogP contribution in [0.1, 0.15) is 12.0 Å². The van der Waals surface area contributed by atoms with E-state index in [9.17, 15) is 4.79 Å². The molecule has 6 heteroatoms. The minimum atomic E-state index is 0.00341. The van der Waals surface area contributed by atoms with Gasteiger partial charge in [0.05, 0.1) is 25.1 Å². The van der Waals surface area contributed by atoms with Crippen LogP contribution in [0.5, 0.6) is 0 Å². The van der Waals surface area contributed by atoms with Crippen LogP contribution in [0.15, 0.2) is 48.7 Å². The van der Waals surface area contributed by atoms with Gasteiger partial charge < -0.3 is 15.4 Å². The average Bonchev–Trinajstić information content (AvgIpc) is 2.69. The molecule has 1 aliphatic heterocycles. The number of ether oxygens (including phenoxy) is 1. The highest BCUT2D eigenvalue weighted by Gasteiger charge is 2.09. The zero-order chi connectivity index (χ0) is 18.0. The van der Waals surface area contributed by atoms with Gasteiger partial charge >= 0.3 is 0 Å². The van der Waals surface area contributed by atoms with Gasteiger partial charge in [-0.25, -0.2) is 4.98 Å². The smallest absolute Gasteiger partial charge is 0.224 e. The van der Waals surface area contributed by atoms with Crippen molar-refractivity contribution in [1.82, 2.24) is 9.88 Å². The first-order valence-electron chi connectivity index (χ1n) is 9.13. The molecule has 138 valence electrons. The number of pyridine rings is 1. The van der Waals surface area contributed by atoms with Crippen molar-refractivity contribution in [2.45, 2.75) is 12.8 Å². The molecule has 2 N–H and O–H groups in total. The largest absolute Gasteiger partial charge is 0.379 e. The molecule has 26 heavy (non-hydrogen) atoms. The molecule has 0 bridgehead atoms. The van der Waals surface area contributed by atoms with Gasteiger partial charge in [0.25, 0.3) is 0 Å². The van der Waals surface area contributed by atoms with E-state index in [1.807, 2.05) is 42.5 Å². The topological polar surface area (TPSA) is 66.5 Å². The lowest BCUT2D eigenvalue weighted by molar-refractivity contribution is -0.116. The molecular formula is C20H26N4O2. The lowest BCUT2D eigenvalue weighted by atomic mass is 10.1. The summed E-state index contributed by atoms with van der Waals surface area (Å²) >= 11 is 0. The molecule has 1 fully saturated rings. The van der Waals surface area contributed by atoms with Crippen molar-refractivity contribution in [3.63, 3.8) is 0 Å². The molecule has 1 saturated heterocycles. The molecule has 0 saturated carbocycles. The molecule has 0 aliphatic carbocycles. The predicted molar refractivity (Wildman–Crippen MR) is 103 cm³/mol. The van der Waals surface area contributed by atoms with E-state index in [0.717, 1.165) is 57.3 Å². The van der Waals surface area contributed by atoms with E-state index in [-0.39, 0.29) is 5.91 Å². The molecule has 0 atom stereocenters. The number of nitrogens with zero attached hydrogens (tertiary/aromatic N) is 2. The summed E-state index contributed by atoms with van der Waals surface area (Å²) in [5.74, 6) is 0.823. The number of aromatic nitrogens is 1. The zero-order valence-corrected chi connectivity index (χ0v) is 15.0. The molecule has 1 aliphatic rings. The van der Waals surface area contributed by atoms with Crippen molar-refractivity contribution in [3.05, 3.63) is 54.2 Å². The van der Waals surface area contributed by atoms with E-state index in [1.165, 1.54) is 5.56 Å². The normalized spacial score (nSPS) is 14.8. The highest BCUT2D eigenvalue weighted by atomic mass is 16.5. The third kappa shape index (κ3) is 6.13. The summed E-state index contributed by atoms with van der Waals surface area (Å²) in [5.41, 5.74) is 1.89. The van der Waals surface area contributed by atoms with Crippen LogP contribution in [0, 0.1) is 0 Å². The van der Waals surface area contributed by atoms with Gasteiger partial charge in [-0.2, -0.15) is 0 Å². The molecule has 0 spiro atoms. The van der Waals surface area contributed by atoms with Gasteiger partial charge in [-0.3, -0.25) is 9.69 Å². The van der Waals surface area contributed by atoms with Crippen LogP contribution in [0.4, 0.5) is 11.5 Å². The zero-order valence-electron chi connectivity index (χ0n) is 15.0. The molecule has 2 heterocycles. The lowest BCUT2D eigenvalue weighted by Crippen LogP contribution is -2.39. The maximum Gasteiger partial charge on any atom is 0.224 e. The van der Waals surface area contributed by atoms with Crippen molar-refractivity contribution < 1.29 is 9.53 Å². The fraction of sp³-hybridized carbons (Fsp3) is 0.400. The highest BCUT2D eigenvalue weighted by Crippen LogP contribution is 2.11. The second-order valence-electron chi connectivity index (χ2n) is 6.35. The number of hydrogen-bond acceptors (Lipinski definition) is 5. The first-order valence-corrected chi connectivity index (χ1v) is 9.13. The Morgan fingerprint density at radius 3 is 2.65 bits per heavy atom. The van der Waals surface area contributed by atoms with Crippen molar-refractivity contribution in [1.29, 1.82) is 0 Å². The predicted octanol–water partition coefficient (Wildman–Crippen LogP) is 2.40. The van der Waals surface area contributed by atoms with Crippen LogP contribution in [0.3, 0.4) is 0 Å². The molecule has 1 aromatic carbocycles. The van der Waals surface area contributed by atoms with Crippen molar-refractivity contribution in [3.8, 4) is 0 Å². The average molecular weight is 354 g/mol. The van der Waals surface area contributed by atoms with Crippen LogP contribution < -0.4 is 10.6 Å². The van der Waals surface area contributed by atoms with Gasteiger partial charge in [0, 0.05) is 32.6 Å². The van der Waals surface area contributed by atoms with Crippen molar-refractivity contribution in [2.75, 3.05) is 50.0 Å². The van der Waals surface area contributed by atoms with Gasteiger partial charge in [-0.15, -0.1) is 0 Å². The van der Waals surface area contributed by atoms with Gasteiger partial charge in [-0.1, -0.05) is 30.3 Å². The second kappa shape index (κ2) is 9.89. The minimum absolute atomic E-state index is 0.00341. The summed E-state index contributed by atoms with van der Waals surface area (Å²) in [4.78, 5) is 18.8. The van der Waals surface area contributed by atoms with Gasteiger partial charge in [0.1, 0.15) is 5.82 Å². The first kappa shape index (κ1) is 18.4. The van der Waals surface area contributed by atoms with E-state index >= 15 is 0 Å². The van der Waals surface area contributed by atoms with E-state index < -0.39 is 0 Å². The SMILES string of the molecule is O=C(CCc1ccccc1)Nc1ccc(NCCN2CCOCC2)nc1. The number of hydrogen-bond donors (Lipinski definition) is 2. The summed E-state index contributed by atoms with van der Waals surface area (Å²) in [6.07, 6.45) is 2.89. The Balaban J connectivity index is 1.37. The quantitative estimate of drug-likeness (QED) is 0.762. The molecular weight excluding hydrogens is 328 g/mol. The number of aryl methyl sites for hydroxylation is 1. The maximum absolute atomic E-state index is 12.0. The maximum atomic E-state index is 12.0. The Kier molecular flexibility index (Phi) is 6.98. The monoisotopic (exact) mass is 354 g/mol. The van der Waals surface area contributed by atoms with E-state index in [0.29, 0.717) is 6.42 Å². The van der Waals surface area contributed by atoms with Crippen LogP contribution in [0.25, 0.3) is 0 Å². The van der Waals surface area contributed by atoms with Gasteiger partial charge in [0.2, 0.25) is 5.91 Å². The van der Waals surface area contributed by atoms with Gasteiger partial charge in [-0.05, 0) is 24.1 Å². The molecule has 6 nitrogen and oxygen atoms in total. The van der Waals surface area contributed by atoms with Crippen LogP contribution in [-0.2, 0) is 16.0 Å². The Bertz CT molecular complexity index is 670. The number of rotatable bonds is 8. The summed E-state index contributed by atoms with van der Waals surface area (Å²) in [7, 11) is 0. The van der Waals surface area contributed by atoms with E-state index in [1.54, 1.807) is 6.20 Å². The number of nitrogens with one attached hydrogen (secondary N) is 2. The fourth-order valence-electron chi connectivity index (χ4n) is 2.87. The molecule has 2 aromatic rings. The summed E-state index contributed by atoms with van der Waals surface area (Å²) in [6, 6.07) is 13.8. The Hall–Kier alpha value is -2.44. The minimum Gasteiger partial charge on any atom is -0.379 e. The molecule has 0 unspecified atom stereocenters. The number of carbonyl (C=O) groups excluding carboxylic acids is 1. The molecule has 3 rings (SSSR count). The Morgan fingerprint density at radius 1 is 1.12 bits per heavy atom. The van der Waals surface area contributed by atoms with Crippen LogP contribution in [-0.4, -0.2) is 55.2 Å². The third-order valence-corrected chi connectivity index (χ3v) is 4.37. The molecule has 0 radical (unpaired) electrons. The number of anilines is 2. The standard InChI is InChI=1S/C20H26N4O2/c25-20(9-6-17-4-2-1-3-5-17)23-18-7-8-19(22-16-18)21-10-11-24-12-14-26-15-13-24/h1-5,7-8,16H,6,9-15H2,(H,21,22)(H,23,25). The molecule has 1 aromatic heterocycles. The van der Waals surface area contributed by atoms with Gasteiger partial charge in [0.15, 0.2) is 0 Å². The number of amides is 1. The second-order valence-corrected chi connectivity index (χ2v) is 6.35. The van der Waals surface area contributed by atoms with Crippen LogP contribution >= 0.6 is 0 Å². The summed E-state index contributed by atoms with van der Waals surface area (Å²) in [6.45, 7) is 5.43. The number of carbonyl (C=O) groups is 1. The van der Waals surface area contributed by atoms with Crippen molar-refractivity contribution in [2.24, 2.45) is 0 Å². The lowest BCUT2D eigenvalue weighted by Gasteiger charge is -2.26. The molecule has 1 amide bonds. The summed E-state index contributed by atoms with van der Waals surface area (Å²) in [5, 5.41) is 6.21. The Morgan fingerprint density at radius 2 is 1.92 bits per heavy atom. The highest BCUT2D eigenvalue weighted by molar-refractivity contribution is 5.90. The summed E-state index contributed by atoms with van der Waals surface area (Å²) < 4.78 is 5.34. The van der Waals surface area contributed by atoms with Crippen molar-refractivity contribution >= 4 is 17.4 Å². The Labute approximate surface area is 154 Å². The fourth-order valence-corrected chi connectivity index (χ4v) is 2.87. The van der Waals surface area contributed by atoms with E-state index in [4.69, 9.17) is 4.74 Å². The number of benzene rings is 1. The van der Waals surface area contributed by atoms with E-state index in [2.05, 4.69) is 20.5 Å². The third-order valence-electron chi connectivity index (χ3n) is 4.37.